The average Bonchev–Trinajstić information content (AvgIpc) is 2.66. The van der Waals surface area contributed by atoms with Crippen LogP contribution in [0.15, 0.2) is 18.3 Å². The molecule has 0 aromatic carbocycles. The van der Waals surface area contributed by atoms with Crippen molar-refractivity contribution in [2.24, 2.45) is 0 Å². The smallest absolute Gasteiger partial charge is 0.407 e. The van der Waals surface area contributed by atoms with Crippen LogP contribution in [0, 0.1) is 5.82 Å². The molecule has 0 saturated heterocycles. The second-order valence-corrected chi connectivity index (χ2v) is 4.58. The summed E-state index contributed by atoms with van der Waals surface area (Å²) in [5.41, 5.74) is 1.56. The Balaban J connectivity index is 2.15. The number of pyridine rings is 1. The molecule has 6 heteroatoms. The van der Waals surface area contributed by atoms with Crippen LogP contribution < -0.4 is 0 Å². The Hall–Kier alpha value is -2.11. The van der Waals surface area contributed by atoms with Gasteiger partial charge in [0.05, 0.1) is 18.8 Å². The summed E-state index contributed by atoms with van der Waals surface area (Å²) < 4.78 is 15.1. The summed E-state index contributed by atoms with van der Waals surface area (Å²) in [4.78, 5) is 16.5. The number of hydrogen-bond acceptors (Lipinski definition) is 2. The van der Waals surface area contributed by atoms with E-state index in [0.29, 0.717) is 24.1 Å². The monoisotopic (exact) mass is 249 g/mol. The number of fused-ring (bicyclic) bond motifs is 3. The highest BCUT2D eigenvalue weighted by atomic mass is 19.1. The third kappa shape index (κ3) is 1.53. The van der Waals surface area contributed by atoms with E-state index in [9.17, 15) is 9.18 Å². The van der Waals surface area contributed by atoms with Gasteiger partial charge in [-0.1, -0.05) is 0 Å². The van der Waals surface area contributed by atoms with Crippen molar-refractivity contribution in [3.05, 3.63) is 29.8 Å². The molecule has 1 N–H and O–H groups in total. The van der Waals surface area contributed by atoms with Crippen molar-refractivity contribution < 1.29 is 14.3 Å². The second-order valence-electron chi connectivity index (χ2n) is 4.58. The highest BCUT2D eigenvalue weighted by molar-refractivity contribution is 5.78. The number of amides is 1. The third-order valence-electron chi connectivity index (χ3n) is 3.27. The summed E-state index contributed by atoms with van der Waals surface area (Å²) in [7, 11) is 0. The van der Waals surface area contributed by atoms with E-state index >= 15 is 0 Å². The van der Waals surface area contributed by atoms with E-state index in [1.54, 1.807) is 6.07 Å². The van der Waals surface area contributed by atoms with E-state index in [1.807, 2.05) is 11.5 Å². The predicted molar refractivity (Wildman–Crippen MR) is 62.8 cm³/mol. The van der Waals surface area contributed by atoms with Crippen LogP contribution in [0.25, 0.3) is 11.0 Å². The highest BCUT2D eigenvalue weighted by Gasteiger charge is 2.27. The summed E-state index contributed by atoms with van der Waals surface area (Å²) in [5.74, 6) is -0.381. The molecule has 1 amide bonds. The SMILES string of the molecule is C[C@@H]1CN(C(=O)O)Cc2cc3cc(F)cnc3n21. The van der Waals surface area contributed by atoms with Crippen molar-refractivity contribution in [1.82, 2.24) is 14.5 Å². The van der Waals surface area contributed by atoms with Crippen molar-refractivity contribution in [2.45, 2.75) is 19.5 Å². The summed E-state index contributed by atoms with van der Waals surface area (Å²) in [6, 6.07) is 3.22. The third-order valence-corrected chi connectivity index (χ3v) is 3.27. The lowest BCUT2D eigenvalue weighted by Crippen LogP contribution is -2.39. The van der Waals surface area contributed by atoms with Gasteiger partial charge in [0.2, 0.25) is 0 Å². The molecule has 1 aliphatic rings. The molecule has 0 unspecified atom stereocenters. The van der Waals surface area contributed by atoms with Crippen LogP contribution in [-0.2, 0) is 6.54 Å². The zero-order valence-electron chi connectivity index (χ0n) is 9.80. The first kappa shape index (κ1) is 11.0. The molecule has 5 nitrogen and oxygen atoms in total. The average molecular weight is 249 g/mol. The minimum absolute atomic E-state index is 0.000288. The number of carbonyl (C=O) groups is 1. The van der Waals surface area contributed by atoms with Crippen molar-refractivity contribution >= 4 is 17.1 Å². The van der Waals surface area contributed by atoms with Crippen LogP contribution in [0.1, 0.15) is 18.7 Å². The lowest BCUT2D eigenvalue weighted by atomic mass is 10.2. The first-order chi connectivity index (χ1) is 8.56. The van der Waals surface area contributed by atoms with Crippen LogP contribution in [0.5, 0.6) is 0 Å². The molecule has 94 valence electrons. The standard InChI is InChI=1S/C12H12FN3O2/c1-7-5-15(12(17)18)6-10-3-8-2-9(13)4-14-11(8)16(7)10/h2-4,7H,5-6H2,1H3,(H,17,18)/t7-/m1/s1. The summed E-state index contributed by atoms with van der Waals surface area (Å²) in [6.45, 7) is 2.67. The fraction of sp³-hybridized carbons (Fsp3) is 0.333. The molecular weight excluding hydrogens is 237 g/mol. The maximum Gasteiger partial charge on any atom is 0.407 e. The van der Waals surface area contributed by atoms with Gasteiger partial charge >= 0.3 is 6.09 Å². The molecule has 1 atom stereocenters. The van der Waals surface area contributed by atoms with Gasteiger partial charge in [-0.3, -0.25) is 0 Å². The van der Waals surface area contributed by atoms with Crippen molar-refractivity contribution in [3.8, 4) is 0 Å². The van der Waals surface area contributed by atoms with Gasteiger partial charge in [-0.25, -0.2) is 14.2 Å². The van der Waals surface area contributed by atoms with Crippen LogP contribution in [0.2, 0.25) is 0 Å². The molecule has 2 aromatic heterocycles. The quantitative estimate of drug-likeness (QED) is 0.778. The van der Waals surface area contributed by atoms with E-state index in [-0.39, 0.29) is 11.9 Å². The Morgan fingerprint density at radius 3 is 3.06 bits per heavy atom. The lowest BCUT2D eigenvalue weighted by Gasteiger charge is -2.31. The number of aromatic nitrogens is 2. The fourth-order valence-corrected chi connectivity index (χ4v) is 2.56. The molecule has 0 saturated carbocycles. The molecule has 0 fully saturated rings. The normalized spacial score (nSPS) is 19.0. The molecule has 2 aromatic rings. The van der Waals surface area contributed by atoms with E-state index in [0.717, 1.165) is 5.69 Å². The van der Waals surface area contributed by atoms with E-state index in [2.05, 4.69) is 4.98 Å². The van der Waals surface area contributed by atoms with Gasteiger partial charge in [-0.15, -0.1) is 0 Å². The molecule has 1 aliphatic heterocycles. The Bertz CT molecular complexity index is 638. The second kappa shape index (κ2) is 3.69. The number of hydrogen-bond donors (Lipinski definition) is 1. The Morgan fingerprint density at radius 1 is 1.56 bits per heavy atom. The van der Waals surface area contributed by atoms with Gasteiger partial charge in [0, 0.05) is 17.6 Å². The zero-order chi connectivity index (χ0) is 12.9. The first-order valence-corrected chi connectivity index (χ1v) is 5.69. The van der Waals surface area contributed by atoms with Crippen molar-refractivity contribution in [2.75, 3.05) is 6.54 Å². The van der Waals surface area contributed by atoms with Gasteiger partial charge in [0.1, 0.15) is 11.5 Å². The number of rotatable bonds is 0. The molecule has 0 aliphatic carbocycles. The number of carboxylic acid groups (broad SMARTS) is 1. The Kier molecular flexibility index (Phi) is 2.26. The van der Waals surface area contributed by atoms with Crippen LogP contribution in [0.3, 0.4) is 0 Å². The molecule has 3 rings (SSSR count). The molecule has 18 heavy (non-hydrogen) atoms. The van der Waals surface area contributed by atoms with Gasteiger partial charge in [-0.05, 0) is 19.1 Å². The molecule has 0 spiro atoms. The predicted octanol–water partition coefficient (Wildman–Crippen LogP) is 2.23. The van der Waals surface area contributed by atoms with Gasteiger partial charge < -0.3 is 14.6 Å². The number of halogens is 1. The maximum atomic E-state index is 13.1. The highest BCUT2D eigenvalue weighted by Crippen LogP contribution is 2.28. The summed E-state index contributed by atoms with van der Waals surface area (Å²) in [5, 5.41) is 9.75. The Labute approximate surface area is 102 Å². The lowest BCUT2D eigenvalue weighted by molar-refractivity contribution is 0.125. The van der Waals surface area contributed by atoms with Crippen molar-refractivity contribution in [3.63, 3.8) is 0 Å². The largest absolute Gasteiger partial charge is 0.465 e. The first-order valence-electron chi connectivity index (χ1n) is 5.69. The molecule has 0 radical (unpaired) electrons. The number of nitrogens with zero attached hydrogens (tertiary/aromatic N) is 3. The Morgan fingerprint density at radius 2 is 2.33 bits per heavy atom. The van der Waals surface area contributed by atoms with Gasteiger partial charge in [0.15, 0.2) is 0 Å². The zero-order valence-corrected chi connectivity index (χ0v) is 9.80. The van der Waals surface area contributed by atoms with Crippen LogP contribution in [-0.4, -0.2) is 32.2 Å². The maximum absolute atomic E-state index is 13.1. The van der Waals surface area contributed by atoms with E-state index < -0.39 is 6.09 Å². The van der Waals surface area contributed by atoms with E-state index in [4.69, 9.17) is 5.11 Å². The summed E-state index contributed by atoms with van der Waals surface area (Å²) >= 11 is 0. The summed E-state index contributed by atoms with van der Waals surface area (Å²) in [6.07, 6.45) is 0.254. The van der Waals surface area contributed by atoms with Gasteiger partial charge in [-0.2, -0.15) is 0 Å². The molecular formula is C12H12FN3O2. The minimum atomic E-state index is -0.933. The van der Waals surface area contributed by atoms with Gasteiger partial charge in [0.25, 0.3) is 0 Å². The fourth-order valence-electron chi connectivity index (χ4n) is 2.56. The van der Waals surface area contributed by atoms with Crippen LogP contribution in [0.4, 0.5) is 9.18 Å². The van der Waals surface area contributed by atoms with E-state index in [1.165, 1.54) is 17.2 Å². The van der Waals surface area contributed by atoms with Crippen LogP contribution >= 0.6 is 0 Å². The molecule has 0 bridgehead atoms. The van der Waals surface area contributed by atoms with Crippen molar-refractivity contribution in [1.29, 1.82) is 0 Å². The minimum Gasteiger partial charge on any atom is -0.465 e. The topological polar surface area (TPSA) is 58.4 Å². The molecule has 3 heterocycles.